The maximum Gasteiger partial charge on any atom is 0.165 e. The number of nitrogens with zero attached hydrogens (tertiary/aromatic N) is 4. The first-order valence-electron chi connectivity index (χ1n) is 7.10. The Hall–Kier alpha value is -2.48. The van der Waals surface area contributed by atoms with Crippen LogP contribution >= 0.6 is 0 Å². The van der Waals surface area contributed by atoms with Gasteiger partial charge in [-0.2, -0.15) is 5.26 Å². The van der Waals surface area contributed by atoms with Crippen molar-refractivity contribution in [3.63, 3.8) is 0 Å². The summed E-state index contributed by atoms with van der Waals surface area (Å²) < 4.78 is 1.75. The first kappa shape index (κ1) is 13.5. The lowest BCUT2D eigenvalue weighted by Crippen LogP contribution is -2.28. The summed E-state index contributed by atoms with van der Waals surface area (Å²) in [6.07, 6.45) is 2.85. The molecule has 2 aromatic rings. The van der Waals surface area contributed by atoms with Gasteiger partial charge in [-0.05, 0) is 12.8 Å². The topological polar surface area (TPSA) is 71.6 Å². The molecule has 0 N–H and O–H groups in total. The fourth-order valence-electron chi connectivity index (χ4n) is 2.61. The van der Waals surface area contributed by atoms with E-state index < -0.39 is 5.92 Å². The van der Waals surface area contributed by atoms with E-state index in [0.29, 0.717) is 11.6 Å². The number of aromatic nitrogens is 3. The Balaban J connectivity index is 1.94. The number of Topliss-reactive ketones (excluding diaryl/α,β-unsaturated/α-hetero) is 1. The van der Waals surface area contributed by atoms with Crippen molar-refractivity contribution in [1.82, 2.24) is 14.8 Å². The third kappa shape index (κ3) is 2.33. The van der Waals surface area contributed by atoms with E-state index in [-0.39, 0.29) is 11.7 Å². The van der Waals surface area contributed by atoms with E-state index in [1.807, 2.05) is 30.3 Å². The van der Waals surface area contributed by atoms with Crippen LogP contribution in [0.3, 0.4) is 0 Å². The van der Waals surface area contributed by atoms with Crippen molar-refractivity contribution < 1.29 is 4.79 Å². The lowest BCUT2D eigenvalue weighted by Gasteiger charge is -2.25. The van der Waals surface area contributed by atoms with Crippen molar-refractivity contribution in [1.29, 1.82) is 5.26 Å². The van der Waals surface area contributed by atoms with Gasteiger partial charge in [0.1, 0.15) is 0 Å². The highest BCUT2D eigenvalue weighted by Gasteiger charge is 2.35. The molecule has 1 aromatic heterocycles. The van der Waals surface area contributed by atoms with Crippen LogP contribution < -0.4 is 0 Å². The number of ketones is 1. The Morgan fingerprint density at radius 2 is 2.05 bits per heavy atom. The predicted molar refractivity (Wildman–Crippen MR) is 77.1 cm³/mol. The molecule has 0 bridgehead atoms. The van der Waals surface area contributed by atoms with E-state index in [2.05, 4.69) is 16.3 Å². The number of carbonyl (C=O) groups is 1. The second-order valence-corrected chi connectivity index (χ2v) is 5.40. The predicted octanol–water partition coefficient (Wildman–Crippen LogP) is 2.46. The van der Waals surface area contributed by atoms with Gasteiger partial charge in [-0.25, -0.2) is 0 Å². The third-order valence-electron chi connectivity index (χ3n) is 4.12. The first-order valence-corrected chi connectivity index (χ1v) is 7.10. The molecule has 1 aromatic carbocycles. The smallest absolute Gasteiger partial charge is 0.165 e. The summed E-state index contributed by atoms with van der Waals surface area (Å²) in [7, 11) is 1.80. The zero-order valence-corrected chi connectivity index (χ0v) is 11.9. The van der Waals surface area contributed by atoms with Gasteiger partial charge in [0.05, 0.1) is 6.07 Å². The summed E-state index contributed by atoms with van der Waals surface area (Å²) in [5, 5.41) is 17.6. The molecular formula is C16H16N4O. The molecule has 21 heavy (non-hydrogen) atoms. The lowest BCUT2D eigenvalue weighted by atomic mass is 9.78. The van der Waals surface area contributed by atoms with Gasteiger partial charge in [-0.3, -0.25) is 4.79 Å². The molecule has 1 saturated carbocycles. The van der Waals surface area contributed by atoms with Crippen molar-refractivity contribution in [2.75, 3.05) is 0 Å². The summed E-state index contributed by atoms with van der Waals surface area (Å²) >= 11 is 0. The Morgan fingerprint density at radius 1 is 1.33 bits per heavy atom. The van der Waals surface area contributed by atoms with Crippen molar-refractivity contribution in [2.24, 2.45) is 13.0 Å². The van der Waals surface area contributed by atoms with Gasteiger partial charge in [0.15, 0.2) is 23.3 Å². The summed E-state index contributed by atoms with van der Waals surface area (Å²) in [4.78, 5) is 12.4. The minimum atomic E-state index is -0.815. The van der Waals surface area contributed by atoms with Crippen LogP contribution in [0, 0.1) is 17.2 Å². The number of benzene rings is 1. The molecule has 0 spiro atoms. The fraction of sp³-hybridized carbons (Fsp3) is 0.375. The molecule has 106 valence electrons. The highest BCUT2D eigenvalue weighted by atomic mass is 16.1. The second kappa shape index (κ2) is 5.49. The third-order valence-corrected chi connectivity index (χ3v) is 4.12. The molecule has 1 atom stereocenters. The number of nitriles is 1. The molecule has 0 amide bonds. The maximum atomic E-state index is 12.4. The molecule has 5 nitrogen and oxygen atoms in total. The molecular weight excluding hydrogens is 264 g/mol. The minimum absolute atomic E-state index is 0.0149. The molecule has 0 saturated heterocycles. The number of hydrogen-bond donors (Lipinski definition) is 0. The standard InChI is InChI=1S/C16H16N4O/c1-20-15(12-6-3-2-4-7-12)18-19-16(20)13(10-17)14(21)11-8-5-9-11/h2-4,6-7,11,13H,5,8-9H2,1H3. The summed E-state index contributed by atoms with van der Waals surface area (Å²) in [5.41, 5.74) is 0.923. The Labute approximate surface area is 123 Å². The van der Waals surface area contributed by atoms with E-state index in [1.54, 1.807) is 11.6 Å². The largest absolute Gasteiger partial charge is 0.313 e. The van der Waals surface area contributed by atoms with Gasteiger partial charge in [-0.1, -0.05) is 36.8 Å². The van der Waals surface area contributed by atoms with Crippen LogP contribution in [0.25, 0.3) is 11.4 Å². The molecule has 3 rings (SSSR count). The SMILES string of the molecule is Cn1c(-c2ccccc2)nnc1C(C#N)C(=O)C1CCC1. The normalized spacial score (nSPS) is 16.0. The van der Waals surface area contributed by atoms with E-state index in [4.69, 9.17) is 0 Å². The zero-order valence-electron chi connectivity index (χ0n) is 11.9. The molecule has 1 aliphatic rings. The first-order chi connectivity index (χ1) is 10.2. The zero-order chi connectivity index (χ0) is 14.8. The summed E-state index contributed by atoms with van der Waals surface area (Å²) in [6, 6.07) is 11.7. The molecule has 1 fully saturated rings. The van der Waals surface area contributed by atoms with Crippen molar-refractivity contribution in [2.45, 2.75) is 25.2 Å². The van der Waals surface area contributed by atoms with Crippen LogP contribution in [0.4, 0.5) is 0 Å². The van der Waals surface area contributed by atoms with Crippen molar-refractivity contribution in [3.05, 3.63) is 36.2 Å². The molecule has 1 unspecified atom stereocenters. The van der Waals surface area contributed by atoms with Crippen LogP contribution in [0.2, 0.25) is 0 Å². The van der Waals surface area contributed by atoms with Crippen molar-refractivity contribution in [3.8, 4) is 17.5 Å². The van der Waals surface area contributed by atoms with Crippen LogP contribution in [-0.2, 0) is 11.8 Å². The summed E-state index contributed by atoms with van der Waals surface area (Å²) in [6.45, 7) is 0. The average Bonchev–Trinajstić information content (AvgIpc) is 2.81. The fourth-order valence-corrected chi connectivity index (χ4v) is 2.61. The van der Waals surface area contributed by atoms with E-state index in [0.717, 1.165) is 24.8 Å². The van der Waals surface area contributed by atoms with Gasteiger partial charge in [0.2, 0.25) is 0 Å². The van der Waals surface area contributed by atoms with Gasteiger partial charge in [-0.15, -0.1) is 10.2 Å². The van der Waals surface area contributed by atoms with E-state index >= 15 is 0 Å². The molecule has 1 heterocycles. The van der Waals surface area contributed by atoms with E-state index in [1.165, 1.54) is 0 Å². The van der Waals surface area contributed by atoms with Gasteiger partial charge < -0.3 is 4.57 Å². The summed E-state index contributed by atoms with van der Waals surface area (Å²) in [5.74, 6) is 0.302. The molecule has 1 aliphatic carbocycles. The van der Waals surface area contributed by atoms with Crippen molar-refractivity contribution >= 4 is 5.78 Å². The van der Waals surface area contributed by atoms with Crippen LogP contribution in [0.1, 0.15) is 31.0 Å². The van der Waals surface area contributed by atoms with E-state index in [9.17, 15) is 10.1 Å². The second-order valence-electron chi connectivity index (χ2n) is 5.40. The Bertz CT molecular complexity index is 695. The quantitative estimate of drug-likeness (QED) is 0.862. The Kier molecular flexibility index (Phi) is 3.53. The average molecular weight is 280 g/mol. The minimum Gasteiger partial charge on any atom is -0.313 e. The van der Waals surface area contributed by atoms with Gasteiger partial charge in [0, 0.05) is 18.5 Å². The van der Waals surface area contributed by atoms with Crippen LogP contribution in [-0.4, -0.2) is 20.5 Å². The van der Waals surface area contributed by atoms with Crippen LogP contribution in [0.5, 0.6) is 0 Å². The van der Waals surface area contributed by atoms with Gasteiger partial charge in [0.25, 0.3) is 0 Å². The lowest BCUT2D eigenvalue weighted by molar-refractivity contribution is -0.125. The highest BCUT2D eigenvalue weighted by molar-refractivity contribution is 5.90. The maximum absolute atomic E-state index is 12.4. The molecule has 0 aliphatic heterocycles. The molecule has 5 heteroatoms. The molecule has 0 radical (unpaired) electrons. The monoisotopic (exact) mass is 280 g/mol. The number of rotatable bonds is 4. The van der Waals surface area contributed by atoms with Gasteiger partial charge >= 0.3 is 0 Å². The number of hydrogen-bond acceptors (Lipinski definition) is 4. The van der Waals surface area contributed by atoms with Crippen LogP contribution in [0.15, 0.2) is 30.3 Å². The Morgan fingerprint density at radius 3 is 2.62 bits per heavy atom. The number of carbonyl (C=O) groups excluding carboxylic acids is 1. The highest BCUT2D eigenvalue weighted by Crippen LogP contribution is 2.32.